The Morgan fingerprint density at radius 1 is 1.06 bits per heavy atom. The van der Waals surface area contributed by atoms with Crippen molar-refractivity contribution < 1.29 is 22.5 Å². The first kappa shape index (κ1) is 22.6. The zero-order chi connectivity index (χ0) is 23.1. The van der Waals surface area contributed by atoms with Gasteiger partial charge in [-0.15, -0.1) is 0 Å². The number of nitro benzene ring substituents is 1. The van der Waals surface area contributed by atoms with E-state index in [1.165, 1.54) is 72.9 Å². The van der Waals surface area contributed by atoms with Crippen LogP contribution < -0.4 is 9.73 Å². The highest BCUT2D eigenvalue weighted by molar-refractivity contribution is 7.92. The van der Waals surface area contributed by atoms with Crippen molar-refractivity contribution in [2.75, 3.05) is 10.8 Å². The number of amides is 1. The van der Waals surface area contributed by atoms with E-state index in [4.69, 9.17) is 0 Å². The van der Waals surface area contributed by atoms with Crippen LogP contribution in [0, 0.1) is 15.9 Å². The maximum atomic E-state index is 13.2. The molecule has 164 valence electrons. The number of carbonyl (C=O) groups excluding carboxylic acids is 1. The predicted octanol–water partition coefficient (Wildman–Crippen LogP) is 3.08. The van der Waals surface area contributed by atoms with E-state index in [2.05, 4.69) is 10.5 Å². The second-order valence-electron chi connectivity index (χ2n) is 6.45. The van der Waals surface area contributed by atoms with E-state index >= 15 is 0 Å². The Bertz CT molecular complexity index is 1250. The minimum atomic E-state index is -4.22. The molecule has 0 aliphatic heterocycles. The number of hydrogen-bond acceptors (Lipinski definition) is 6. The molecule has 11 heteroatoms. The maximum Gasteiger partial charge on any atom is 0.271 e. The molecule has 3 aromatic rings. The molecule has 0 radical (unpaired) electrons. The molecule has 0 fully saturated rings. The molecule has 0 spiro atoms. The average Bonchev–Trinajstić information content (AvgIpc) is 2.79. The van der Waals surface area contributed by atoms with E-state index in [1.807, 2.05) is 0 Å². The van der Waals surface area contributed by atoms with Crippen molar-refractivity contribution in [1.82, 2.24) is 5.43 Å². The highest BCUT2D eigenvalue weighted by atomic mass is 32.2. The zero-order valence-corrected chi connectivity index (χ0v) is 17.3. The smallest absolute Gasteiger partial charge is 0.271 e. The van der Waals surface area contributed by atoms with Gasteiger partial charge in [-0.25, -0.2) is 18.2 Å². The van der Waals surface area contributed by atoms with Crippen LogP contribution in [0.3, 0.4) is 0 Å². The van der Waals surface area contributed by atoms with Crippen LogP contribution in [0.1, 0.15) is 5.56 Å². The molecule has 0 heterocycles. The van der Waals surface area contributed by atoms with Crippen LogP contribution in [0.5, 0.6) is 0 Å². The summed E-state index contributed by atoms with van der Waals surface area (Å²) in [6, 6.07) is 17.7. The van der Waals surface area contributed by atoms with E-state index in [0.29, 0.717) is 5.56 Å². The van der Waals surface area contributed by atoms with E-state index in [9.17, 15) is 27.7 Å². The molecule has 0 bridgehead atoms. The highest BCUT2D eigenvalue weighted by Gasteiger charge is 2.28. The standard InChI is InChI=1S/C21H17FN4O5S/c22-17-11-9-16(10-12-17)14-23-24-21(27)15-25(18-5-4-6-19(13-18)26(28)29)32(30,31)20-7-2-1-3-8-20/h1-14H,15H2,(H,24,27)/b23-14-. The Morgan fingerprint density at radius 2 is 1.75 bits per heavy atom. The second-order valence-corrected chi connectivity index (χ2v) is 8.31. The van der Waals surface area contributed by atoms with Gasteiger partial charge in [0.1, 0.15) is 12.4 Å². The van der Waals surface area contributed by atoms with Gasteiger partial charge in [0.15, 0.2) is 0 Å². The zero-order valence-electron chi connectivity index (χ0n) is 16.5. The number of rotatable bonds is 8. The van der Waals surface area contributed by atoms with Crippen molar-refractivity contribution in [3.8, 4) is 0 Å². The molecule has 3 aromatic carbocycles. The number of anilines is 1. The van der Waals surface area contributed by atoms with Crippen molar-refractivity contribution in [3.05, 3.63) is 100 Å². The van der Waals surface area contributed by atoms with Gasteiger partial charge < -0.3 is 0 Å². The van der Waals surface area contributed by atoms with E-state index < -0.39 is 33.2 Å². The van der Waals surface area contributed by atoms with Crippen LogP contribution in [0.25, 0.3) is 0 Å². The van der Waals surface area contributed by atoms with Crippen molar-refractivity contribution in [2.45, 2.75) is 4.90 Å². The fourth-order valence-corrected chi connectivity index (χ4v) is 4.12. The van der Waals surface area contributed by atoms with Gasteiger partial charge in [-0.3, -0.25) is 19.2 Å². The Hall–Kier alpha value is -4.12. The number of nitrogens with zero attached hydrogens (tertiary/aromatic N) is 3. The molecule has 0 aliphatic rings. The lowest BCUT2D eigenvalue weighted by Gasteiger charge is -2.23. The first-order chi connectivity index (χ1) is 15.3. The fourth-order valence-electron chi connectivity index (χ4n) is 2.69. The number of hydrogen-bond donors (Lipinski definition) is 1. The number of hydrazone groups is 1. The molecular formula is C21H17FN4O5S. The Kier molecular flexibility index (Phi) is 6.90. The third kappa shape index (κ3) is 5.52. The number of halogens is 1. The number of benzene rings is 3. The maximum absolute atomic E-state index is 13.2. The Balaban J connectivity index is 1.87. The number of nitrogens with one attached hydrogen (secondary N) is 1. The van der Waals surface area contributed by atoms with E-state index in [0.717, 1.165) is 10.4 Å². The van der Waals surface area contributed by atoms with Crippen molar-refractivity contribution in [3.63, 3.8) is 0 Å². The number of sulfonamides is 1. The topological polar surface area (TPSA) is 122 Å². The number of carbonyl (C=O) groups is 1. The van der Waals surface area contributed by atoms with Crippen LogP contribution in [0.2, 0.25) is 0 Å². The third-order valence-corrected chi connectivity index (χ3v) is 6.01. The molecule has 0 saturated heterocycles. The van der Waals surface area contributed by atoms with Crippen molar-refractivity contribution in [1.29, 1.82) is 0 Å². The quantitative estimate of drug-likeness (QED) is 0.317. The summed E-state index contributed by atoms with van der Waals surface area (Å²) >= 11 is 0. The molecule has 32 heavy (non-hydrogen) atoms. The average molecular weight is 456 g/mol. The molecule has 1 amide bonds. The normalized spacial score (nSPS) is 11.3. The lowest BCUT2D eigenvalue weighted by Crippen LogP contribution is -2.39. The molecule has 0 unspecified atom stereocenters. The van der Waals surface area contributed by atoms with Crippen molar-refractivity contribution in [2.24, 2.45) is 5.10 Å². The molecular weight excluding hydrogens is 439 g/mol. The van der Waals surface area contributed by atoms with Crippen LogP contribution >= 0.6 is 0 Å². The van der Waals surface area contributed by atoms with Gasteiger partial charge >= 0.3 is 0 Å². The minimum Gasteiger partial charge on any atom is -0.271 e. The largest absolute Gasteiger partial charge is 0.271 e. The van der Waals surface area contributed by atoms with Crippen molar-refractivity contribution >= 4 is 33.5 Å². The summed E-state index contributed by atoms with van der Waals surface area (Å²) in [7, 11) is -4.22. The molecule has 1 N–H and O–H groups in total. The summed E-state index contributed by atoms with van der Waals surface area (Å²) in [6.45, 7) is -0.681. The summed E-state index contributed by atoms with van der Waals surface area (Å²) < 4.78 is 40.1. The van der Waals surface area contributed by atoms with Gasteiger partial charge in [0.05, 0.1) is 21.7 Å². The van der Waals surface area contributed by atoms with E-state index in [1.54, 1.807) is 6.07 Å². The Morgan fingerprint density at radius 3 is 2.41 bits per heavy atom. The van der Waals surface area contributed by atoms with Gasteiger partial charge in [-0.2, -0.15) is 5.10 Å². The lowest BCUT2D eigenvalue weighted by molar-refractivity contribution is -0.384. The Labute approximate surface area is 183 Å². The van der Waals surface area contributed by atoms with Gasteiger partial charge in [-0.1, -0.05) is 36.4 Å². The summed E-state index contributed by atoms with van der Waals surface area (Å²) in [4.78, 5) is 22.8. The number of non-ortho nitro benzene ring substituents is 1. The van der Waals surface area contributed by atoms with Crippen LogP contribution in [0.15, 0.2) is 88.9 Å². The minimum absolute atomic E-state index is 0.0549. The van der Waals surface area contributed by atoms with Gasteiger partial charge in [0.25, 0.3) is 21.6 Å². The first-order valence-electron chi connectivity index (χ1n) is 9.17. The summed E-state index contributed by atoms with van der Waals surface area (Å²) in [5, 5.41) is 14.9. The molecule has 0 saturated carbocycles. The predicted molar refractivity (Wildman–Crippen MR) is 116 cm³/mol. The van der Waals surface area contributed by atoms with Gasteiger partial charge in [0.2, 0.25) is 0 Å². The molecule has 0 aliphatic carbocycles. The summed E-state index contributed by atoms with van der Waals surface area (Å²) in [5.74, 6) is -1.21. The first-order valence-corrected chi connectivity index (χ1v) is 10.6. The molecule has 0 aromatic heterocycles. The third-order valence-electron chi connectivity index (χ3n) is 4.22. The van der Waals surface area contributed by atoms with Gasteiger partial charge in [-0.05, 0) is 35.9 Å². The monoisotopic (exact) mass is 456 g/mol. The van der Waals surface area contributed by atoms with Crippen LogP contribution in [-0.4, -0.2) is 32.0 Å². The SMILES string of the molecule is O=C(CN(c1cccc([N+](=O)[O-])c1)S(=O)(=O)c1ccccc1)N/N=C\c1ccc(F)cc1. The second kappa shape index (κ2) is 9.79. The highest BCUT2D eigenvalue weighted by Crippen LogP contribution is 2.26. The number of nitro groups is 1. The lowest BCUT2D eigenvalue weighted by atomic mass is 10.2. The molecule has 3 rings (SSSR count). The van der Waals surface area contributed by atoms with Crippen LogP contribution in [-0.2, 0) is 14.8 Å². The molecule has 9 nitrogen and oxygen atoms in total. The van der Waals surface area contributed by atoms with E-state index in [-0.39, 0.29) is 16.3 Å². The summed E-state index contributed by atoms with van der Waals surface area (Å²) in [6.07, 6.45) is 1.26. The summed E-state index contributed by atoms with van der Waals surface area (Å²) in [5.41, 5.74) is 2.33. The molecule has 0 atom stereocenters. The fraction of sp³-hybridized carbons (Fsp3) is 0.0476. The van der Waals surface area contributed by atoms with Crippen LogP contribution in [0.4, 0.5) is 15.8 Å². The van der Waals surface area contributed by atoms with Gasteiger partial charge in [0, 0.05) is 12.1 Å².